The van der Waals surface area contributed by atoms with Crippen LogP contribution in [0.3, 0.4) is 0 Å². The fraction of sp³-hybridized carbons (Fsp3) is 0.534. The lowest BCUT2D eigenvalue weighted by Gasteiger charge is -2.38. The molecule has 8 rings (SSSR count). The van der Waals surface area contributed by atoms with Crippen molar-refractivity contribution in [1.82, 2.24) is 40.4 Å². The molecule has 3 aromatic carbocycles. The van der Waals surface area contributed by atoms with Crippen LogP contribution in [0, 0.1) is 0 Å². The predicted octanol–water partition coefficient (Wildman–Crippen LogP) is 6.72. The first-order valence-corrected chi connectivity index (χ1v) is 27.7. The SMILES string of the molecule is COCCN1CC(NC(=O)Nc2cc(C(=O)NCC3(O)CCN(C(=O)CCCCCCCCCCC(=O)N4CCC(c5ccc(NC6CCC(=O)NC6=O)cc5)CC4)CC3)nn2-c2ccccc2)C(c2ccccc2)C1. The van der Waals surface area contributed by atoms with E-state index in [2.05, 4.69) is 60.8 Å². The molecule has 1 aromatic heterocycles. The highest BCUT2D eigenvalue weighted by molar-refractivity contribution is 6.01. The van der Waals surface area contributed by atoms with E-state index in [9.17, 15) is 33.9 Å². The van der Waals surface area contributed by atoms with Gasteiger partial charge in [0, 0.05) is 96.4 Å². The van der Waals surface area contributed by atoms with Crippen molar-refractivity contribution in [3.8, 4) is 5.69 Å². The zero-order chi connectivity index (χ0) is 53.3. The number of hydrogen-bond donors (Lipinski definition) is 6. The Bertz CT molecular complexity index is 2540. The molecule has 408 valence electrons. The standard InChI is InChI=1S/C58H78N10O8/c1-76-37-36-65-39-47(44-16-10-8-11-17-44)50(40-65)61-57(74)62-51-38-49(64-68(51)46-18-12-9-13-19-46)55(72)59-41-58(75)30-34-67(35-31-58)54(71)21-15-7-5-3-2-4-6-14-20-53(70)66-32-28-43(29-33-66)42-22-24-45(25-23-42)60-48-26-27-52(69)63-56(48)73/h8-13,16-19,22-25,38,43,47-48,50,60,75H,2-7,14-15,20-21,26-37,39-41H2,1H3,(H,59,72)(H2,61,62,74)(H,63,69,73). The molecular weight excluding hydrogens is 965 g/mol. The number of likely N-dealkylation sites (tertiary alicyclic amines) is 3. The molecule has 7 amide bonds. The molecule has 4 fully saturated rings. The topological polar surface area (TPSA) is 220 Å². The number of carbonyl (C=O) groups excluding carboxylic acids is 6. The largest absolute Gasteiger partial charge is 0.388 e. The van der Waals surface area contributed by atoms with Gasteiger partial charge in [0.1, 0.15) is 11.9 Å². The number of aromatic nitrogens is 2. The molecule has 3 unspecified atom stereocenters. The van der Waals surface area contributed by atoms with Crippen LogP contribution in [0.4, 0.5) is 16.3 Å². The monoisotopic (exact) mass is 1040 g/mol. The van der Waals surface area contributed by atoms with Crippen LogP contribution < -0.4 is 26.6 Å². The normalized spacial score (nSPS) is 20.0. The van der Waals surface area contributed by atoms with E-state index < -0.39 is 23.6 Å². The molecular formula is C58H78N10O8. The van der Waals surface area contributed by atoms with Crippen molar-refractivity contribution in [3.05, 3.63) is 108 Å². The van der Waals surface area contributed by atoms with Gasteiger partial charge in [-0.3, -0.25) is 39.5 Å². The summed E-state index contributed by atoms with van der Waals surface area (Å²) in [4.78, 5) is 83.0. The maximum Gasteiger partial charge on any atom is 0.320 e. The third-order valence-electron chi connectivity index (χ3n) is 15.7. The van der Waals surface area contributed by atoms with E-state index >= 15 is 0 Å². The molecule has 6 N–H and O–H groups in total. The highest BCUT2D eigenvalue weighted by atomic mass is 16.5. The van der Waals surface area contributed by atoms with Crippen molar-refractivity contribution < 1.29 is 38.6 Å². The van der Waals surface area contributed by atoms with Gasteiger partial charge in [-0.1, -0.05) is 99.2 Å². The van der Waals surface area contributed by atoms with Gasteiger partial charge in [0.15, 0.2) is 5.69 Å². The van der Waals surface area contributed by atoms with Crippen LogP contribution >= 0.6 is 0 Å². The number of nitrogens with zero attached hydrogens (tertiary/aromatic N) is 5. The lowest BCUT2D eigenvalue weighted by Crippen LogP contribution is -2.52. The number of amides is 7. The van der Waals surface area contributed by atoms with Gasteiger partial charge in [-0.25, -0.2) is 9.48 Å². The predicted molar refractivity (Wildman–Crippen MR) is 291 cm³/mol. The highest BCUT2D eigenvalue weighted by Gasteiger charge is 2.37. The number of unbranched alkanes of at least 4 members (excludes halogenated alkanes) is 7. The van der Waals surface area contributed by atoms with E-state index in [4.69, 9.17) is 4.74 Å². The smallest absolute Gasteiger partial charge is 0.320 e. The zero-order valence-corrected chi connectivity index (χ0v) is 44.2. The Morgan fingerprint density at radius 1 is 0.750 bits per heavy atom. The number of ether oxygens (including phenoxy) is 1. The van der Waals surface area contributed by atoms with Crippen LogP contribution in [0.15, 0.2) is 91.0 Å². The van der Waals surface area contributed by atoms with E-state index in [1.807, 2.05) is 70.5 Å². The van der Waals surface area contributed by atoms with Gasteiger partial charge in [0.2, 0.25) is 23.6 Å². The van der Waals surface area contributed by atoms with Crippen molar-refractivity contribution in [2.75, 3.05) is 76.7 Å². The van der Waals surface area contributed by atoms with E-state index in [1.54, 1.807) is 7.11 Å². The van der Waals surface area contributed by atoms with E-state index in [0.29, 0.717) is 82.2 Å². The molecule has 4 aromatic rings. The number of benzene rings is 3. The number of methoxy groups -OCH3 is 1. The number of carbonyl (C=O) groups is 6. The molecule has 76 heavy (non-hydrogen) atoms. The van der Waals surface area contributed by atoms with Crippen molar-refractivity contribution in [1.29, 1.82) is 0 Å². The Hall–Kier alpha value is -6.63. The first kappa shape index (κ1) is 55.6. The molecule has 5 heterocycles. The summed E-state index contributed by atoms with van der Waals surface area (Å²) in [5, 5.41) is 30.7. The van der Waals surface area contributed by atoms with Crippen LogP contribution in [0.1, 0.15) is 136 Å². The summed E-state index contributed by atoms with van der Waals surface area (Å²) in [6.45, 7) is 5.15. The zero-order valence-electron chi connectivity index (χ0n) is 44.2. The quantitative estimate of drug-likeness (QED) is 0.0320. The van der Waals surface area contributed by atoms with Gasteiger partial charge < -0.3 is 35.6 Å². The van der Waals surface area contributed by atoms with E-state index in [1.165, 1.54) is 16.3 Å². The van der Waals surface area contributed by atoms with Crippen LogP contribution in [0.5, 0.6) is 0 Å². The molecule has 0 aliphatic carbocycles. The second-order valence-corrected chi connectivity index (χ2v) is 21.2. The lowest BCUT2D eigenvalue weighted by molar-refractivity contribution is -0.136. The van der Waals surface area contributed by atoms with Crippen LogP contribution in [0.25, 0.3) is 5.69 Å². The Balaban J connectivity index is 0.676. The number of aliphatic hydroxyl groups is 1. The fourth-order valence-corrected chi connectivity index (χ4v) is 11.1. The first-order valence-electron chi connectivity index (χ1n) is 27.7. The summed E-state index contributed by atoms with van der Waals surface area (Å²) in [7, 11) is 1.68. The molecule has 4 aliphatic rings. The minimum Gasteiger partial charge on any atom is -0.388 e. The second-order valence-electron chi connectivity index (χ2n) is 21.2. The first-order chi connectivity index (χ1) is 36.9. The minimum atomic E-state index is -1.18. The van der Waals surface area contributed by atoms with Gasteiger partial charge in [-0.2, -0.15) is 5.10 Å². The Morgan fingerprint density at radius 3 is 2.00 bits per heavy atom. The number of piperidine rings is 3. The molecule has 0 spiro atoms. The number of urea groups is 1. The number of rotatable bonds is 24. The van der Waals surface area contributed by atoms with E-state index in [-0.39, 0.29) is 47.8 Å². The Labute approximate surface area is 447 Å². The summed E-state index contributed by atoms with van der Waals surface area (Å²) in [5.41, 5.74) is 2.82. The molecule has 0 saturated carbocycles. The summed E-state index contributed by atoms with van der Waals surface area (Å²) in [6.07, 6.45) is 12.6. The maximum atomic E-state index is 13.7. The number of imide groups is 1. The summed E-state index contributed by atoms with van der Waals surface area (Å²) >= 11 is 0. The van der Waals surface area contributed by atoms with Gasteiger partial charge in [-0.15, -0.1) is 0 Å². The molecule has 4 saturated heterocycles. The van der Waals surface area contributed by atoms with Crippen molar-refractivity contribution in [2.45, 2.75) is 132 Å². The van der Waals surface area contributed by atoms with Gasteiger partial charge in [0.05, 0.1) is 23.9 Å². The lowest BCUT2D eigenvalue weighted by atomic mass is 9.89. The maximum absolute atomic E-state index is 13.7. The third kappa shape index (κ3) is 15.7. The number of para-hydroxylation sites is 1. The van der Waals surface area contributed by atoms with Crippen LogP contribution in [-0.2, 0) is 23.9 Å². The summed E-state index contributed by atoms with van der Waals surface area (Å²) in [5.74, 6) is 0.154. The fourth-order valence-electron chi connectivity index (χ4n) is 11.1. The molecule has 4 aliphatic heterocycles. The number of anilines is 2. The molecule has 0 bridgehead atoms. The molecule has 18 heteroatoms. The highest BCUT2D eigenvalue weighted by Crippen LogP contribution is 2.31. The van der Waals surface area contributed by atoms with Crippen molar-refractivity contribution >= 4 is 47.1 Å². The Morgan fingerprint density at radius 2 is 1.37 bits per heavy atom. The van der Waals surface area contributed by atoms with E-state index in [0.717, 1.165) is 102 Å². The average molecular weight is 1040 g/mol. The van der Waals surface area contributed by atoms with Crippen molar-refractivity contribution in [2.24, 2.45) is 0 Å². The van der Waals surface area contributed by atoms with Crippen molar-refractivity contribution in [3.63, 3.8) is 0 Å². The minimum absolute atomic E-state index is 0.00107. The summed E-state index contributed by atoms with van der Waals surface area (Å²) in [6, 6.07) is 28.2. The van der Waals surface area contributed by atoms with Gasteiger partial charge >= 0.3 is 6.03 Å². The second kappa shape index (κ2) is 27.4. The van der Waals surface area contributed by atoms with Gasteiger partial charge in [-0.05, 0) is 86.3 Å². The molecule has 0 radical (unpaired) electrons. The average Bonchev–Trinajstić information content (AvgIpc) is 4.06. The number of nitrogens with one attached hydrogen (secondary N) is 5. The third-order valence-corrected chi connectivity index (χ3v) is 15.7. The molecule has 3 atom stereocenters. The van der Waals surface area contributed by atoms with Crippen LogP contribution in [-0.4, -0.2) is 149 Å². The van der Waals surface area contributed by atoms with Crippen LogP contribution in [0.2, 0.25) is 0 Å². The Kier molecular flexibility index (Phi) is 20.1. The molecule has 18 nitrogen and oxygen atoms in total. The van der Waals surface area contributed by atoms with Gasteiger partial charge in [0.25, 0.3) is 5.91 Å². The number of hydrogen-bond acceptors (Lipinski definition) is 11. The summed E-state index contributed by atoms with van der Waals surface area (Å²) < 4.78 is 6.85.